The summed E-state index contributed by atoms with van der Waals surface area (Å²) in [6.45, 7) is 1.99. The minimum Gasteiger partial charge on any atom is -0.325 e. The maximum absolute atomic E-state index is 12.5. The summed E-state index contributed by atoms with van der Waals surface area (Å²) < 4.78 is 1.90. The summed E-state index contributed by atoms with van der Waals surface area (Å²) in [5, 5.41) is 22.9. The molecule has 0 aliphatic heterocycles. The van der Waals surface area contributed by atoms with E-state index in [2.05, 4.69) is 20.5 Å². The fourth-order valence-corrected chi connectivity index (χ4v) is 4.07. The molecular formula is C22H17ClN6O3S. The molecule has 0 saturated carbocycles. The Kier molecular flexibility index (Phi) is 6.66. The number of aryl methyl sites for hydroxylation is 1. The van der Waals surface area contributed by atoms with Gasteiger partial charge in [-0.15, -0.1) is 10.2 Å². The number of nitro benzene ring substituents is 1. The Morgan fingerprint density at radius 2 is 1.91 bits per heavy atom. The van der Waals surface area contributed by atoms with Crippen LogP contribution >= 0.6 is 23.4 Å². The molecule has 0 aliphatic rings. The van der Waals surface area contributed by atoms with Gasteiger partial charge in [0, 0.05) is 29.7 Å². The molecule has 4 aromatic rings. The van der Waals surface area contributed by atoms with Gasteiger partial charge >= 0.3 is 0 Å². The third-order valence-electron chi connectivity index (χ3n) is 4.69. The lowest BCUT2D eigenvalue weighted by Crippen LogP contribution is -2.14. The fourth-order valence-electron chi connectivity index (χ4n) is 3.14. The zero-order chi connectivity index (χ0) is 23.4. The molecule has 2 aromatic heterocycles. The largest absolute Gasteiger partial charge is 0.325 e. The number of anilines is 1. The third kappa shape index (κ3) is 5.02. The average Bonchev–Trinajstić information content (AvgIpc) is 3.23. The van der Waals surface area contributed by atoms with Crippen LogP contribution in [0.2, 0.25) is 5.02 Å². The predicted molar refractivity (Wildman–Crippen MR) is 127 cm³/mol. The van der Waals surface area contributed by atoms with Crippen LogP contribution in [0.25, 0.3) is 17.1 Å². The summed E-state index contributed by atoms with van der Waals surface area (Å²) in [5.41, 5.74) is 2.77. The van der Waals surface area contributed by atoms with Gasteiger partial charge in [0.25, 0.3) is 5.69 Å². The van der Waals surface area contributed by atoms with Gasteiger partial charge in [0.05, 0.1) is 16.4 Å². The number of hydrogen-bond acceptors (Lipinski definition) is 7. The molecule has 33 heavy (non-hydrogen) atoms. The van der Waals surface area contributed by atoms with E-state index in [0.717, 1.165) is 16.8 Å². The topological polar surface area (TPSA) is 116 Å². The van der Waals surface area contributed by atoms with Crippen LogP contribution in [0, 0.1) is 17.0 Å². The molecule has 0 spiro atoms. The second kappa shape index (κ2) is 9.80. The minimum absolute atomic E-state index is 0.00217. The van der Waals surface area contributed by atoms with Crippen LogP contribution in [0.4, 0.5) is 11.4 Å². The van der Waals surface area contributed by atoms with E-state index in [1.807, 2.05) is 47.9 Å². The Labute approximate surface area is 198 Å². The van der Waals surface area contributed by atoms with Crippen molar-refractivity contribution in [2.45, 2.75) is 12.1 Å². The first-order valence-corrected chi connectivity index (χ1v) is 11.1. The van der Waals surface area contributed by atoms with Crippen LogP contribution in [-0.2, 0) is 4.79 Å². The van der Waals surface area contributed by atoms with Crippen LogP contribution in [0.15, 0.2) is 72.1 Å². The van der Waals surface area contributed by atoms with Crippen molar-refractivity contribution in [1.29, 1.82) is 0 Å². The van der Waals surface area contributed by atoms with E-state index in [1.54, 1.807) is 12.4 Å². The number of halogens is 1. The van der Waals surface area contributed by atoms with Crippen molar-refractivity contribution >= 4 is 40.6 Å². The second-order valence-electron chi connectivity index (χ2n) is 6.92. The van der Waals surface area contributed by atoms with Crippen molar-refractivity contribution in [3.8, 4) is 17.1 Å². The quantitative estimate of drug-likeness (QED) is 0.226. The molecule has 11 heteroatoms. The molecule has 0 atom stereocenters. The van der Waals surface area contributed by atoms with Crippen molar-refractivity contribution in [2.75, 3.05) is 11.1 Å². The maximum atomic E-state index is 12.5. The number of nitro groups is 1. The van der Waals surface area contributed by atoms with Crippen molar-refractivity contribution in [2.24, 2.45) is 0 Å². The first-order valence-electron chi connectivity index (χ1n) is 9.72. The lowest BCUT2D eigenvalue weighted by atomic mass is 10.2. The van der Waals surface area contributed by atoms with Gasteiger partial charge in [0.1, 0.15) is 5.02 Å². The van der Waals surface area contributed by atoms with E-state index < -0.39 is 4.92 Å². The average molecular weight is 481 g/mol. The minimum atomic E-state index is -0.599. The Hall–Kier alpha value is -3.76. The van der Waals surface area contributed by atoms with Crippen LogP contribution in [0.3, 0.4) is 0 Å². The summed E-state index contributed by atoms with van der Waals surface area (Å²) in [5.74, 6) is 0.306. The molecule has 0 aliphatic carbocycles. The fraction of sp³-hybridized carbons (Fsp3) is 0.0909. The van der Waals surface area contributed by atoms with Gasteiger partial charge in [-0.2, -0.15) is 0 Å². The number of nitrogens with one attached hydrogen (secondary N) is 1. The van der Waals surface area contributed by atoms with Gasteiger partial charge in [0.15, 0.2) is 11.0 Å². The zero-order valence-electron chi connectivity index (χ0n) is 17.3. The molecule has 2 heterocycles. The summed E-state index contributed by atoms with van der Waals surface area (Å²) in [4.78, 5) is 27.1. The Morgan fingerprint density at radius 1 is 1.15 bits per heavy atom. The number of pyridine rings is 1. The summed E-state index contributed by atoms with van der Waals surface area (Å²) in [6, 6.07) is 15.6. The first kappa shape index (κ1) is 22.4. The molecule has 0 radical (unpaired) electrons. The SMILES string of the molecule is Cc1ccccc1-n1c(SCC(=O)Nc2ccc(Cl)c([N+](=O)[O-])c2)nnc1-c1ccncc1. The standard InChI is InChI=1S/C22H17ClN6O3S/c1-14-4-2-3-5-18(14)28-21(15-8-10-24-11-9-15)26-27-22(28)33-13-20(30)25-16-6-7-17(23)19(12-16)29(31)32/h2-12H,13H2,1H3,(H,25,30). The van der Waals surface area contributed by atoms with Crippen molar-refractivity contribution in [3.05, 3.63) is 87.7 Å². The lowest BCUT2D eigenvalue weighted by Gasteiger charge is -2.13. The second-order valence-corrected chi connectivity index (χ2v) is 8.27. The van der Waals surface area contributed by atoms with Gasteiger partial charge in [-0.25, -0.2) is 0 Å². The summed E-state index contributed by atoms with van der Waals surface area (Å²) in [6.07, 6.45) is 3.36. The van der Waals surface area contributed by atoms with Gasteiger partial charge in [-0.3, -0.25) is 24.5 Å². The predicted octanol–water partition coefficient (Wildman–Crippen LogP) is 4.93. The molecule has 9 nitrogen and oxygen atoms in total. The van der Waals surface area contributed by atoms with Crippen molar-refractivity contribution in [3.63, 3.8) is 0 Å². The van der Waals surface area contributed by atoms with E-state index in [9.17, 15) is 14.9 Å². The van der Waals surface area contributed by atoms with Crippen LogP contribution in [0.5, 0.6) is 0 Å². The number of carbonyl (C=O) groups is 1. The number of amides is 1. The van der Waals surface area contributed by atoms with E-state index >= 15 is 0 Å². The van der Waals surface area contributed by atoms with Crippen molar-refractivity contribution in [1.82, 2.24) is 19.7 Å². The first-order chi connectivity index (χ1) is 15.9. The van der Waals surface area contributed by atoms with Gasteiger partial charge in [0.2, 0.25) is 5.91 Å². The van der Waals surface area contributed by atoms with Gasteiger partial charge in [-0.1, -0.05) is 41.6 Å². The van der Waals surface area contributed by atoms with Crippen LogP contribution in [0.1, 0.15) is 5.56 Å². The highest BCUT2D eigenvalue weighted by Crippen LogP contribution is 2.30. The van der Waals surface area contributed by atoms with E-state index in [4.69, 9.17) is 11.6 Å². The molecule has 166 valence electrons. The highest BCUT2D eigenvalue weighted by Gasteiger charge is 2.19. The molecule has 1 amide bonds. The number of para-hydroxylation sites is 1. The number of benzene rings is 2. The molecule has 0 fully saturated rings. The summed E-state index contributed by atoms with van der Waals surface area (Å²) >= 11 is 7.04. The van der Waals surface area contributed by atoms with Crippen LogP contribution < -0.4 is 5.32 Å². The highest BCUT2D eigenvalue weighted by molar-refractivity contribution is 7.99. The van der Waals surface area contributed by atoms with Gasteiger partial charge < -0.3 is 5.32 Å². The Morgan fingerprint density at radius 3 is 2.64 bits per heavy atom. The Balaban J connectivity index is 1.58. The molecule has 1 N–H and O–H groups in total. The van der Waals surface area contributed by atoms with Crippen LogP contribution in [-0.4, -0.2) is 36.3 Å². The van der Waals surface area contributed by atoms with Crippen molar-refractivity contribution < 1.29 is 9.72 Å². The number of carbonyl (C=O) groups excluding carboxylic acids is 1. The molecular weight excluding hydrogens is 464 g/mol. The highest BCUT2D eigenvalue weighted by atomic mass is 35.5. The number of rotatable bonds is 7. The number of hydrogen-bond donors (Lipinski definition) is 1. The molecule has 4 rings (SSSR count). The molecule has 0 unspecified atom stereocenters. The summed E-state index contributed by atoms with van der Waals surface area (Å²) in [7, 11) is 0. The van der Waals surface area contributed by atoms with E-state index in [0.29, 0.717) is 11.0 Å². The number of thioether (sulfide) groups is 1. The number of nitrogens with zero attached hydrogens (tertiary/aromatic N) is 5. The van der Waals surface area contributed by atoms with E-state index in [-0.39, 0.29) is 28.1 Å². The molecule has 0 bridgehead atoms. The Bertz CT molecular complexity index is 1330. The number of aromatic nitrogens is 4. The lowest BCUT2D eigenvalue weighted by molar-refractivity contribution is -0.384. The smallest absolute Gasteiger partial charge is 0.289 e. The third-order valence-corrected chi connectivity index (χ3v) is 5.94. The zero-order valence-corrected chi connectivity index (χ0v) is 18.9. The normalized spacial score (nSPS) is 10.7. The monoisotopic (exact) mass is 480 g/mol. The van der Waals surface area contributed by atoms with Gasteiger partial charge in [-0.05, 0) is 42.8 Å². The maximum Gasteiger partial charge on any atom is 0.289 e. The molecule has 0 saturated heterocycles. The van der Waals surface area contributed by atoms with E-state index in [1.165, 1.54) is 30.0 Å². The molecule has 2 aromatic carbocycles.